The summed E-state index contributed by atoms with van der Waals surface area (Å²) in [5, 5.41) is 8.48. The van der Waals surface area contributed by atoms with E-state index in [9.17, 15) is 9.18 Å². The molecule has 0 heterocycles. The van der Waals surface area contributed by atoms with Crippen molar-refractivity contribution < 1.29 is 14.3 Å². The van der Waals surface area contributed by atoms with Gasteiger partial charge in [0, 0.05) is 24.9 Å². The summed E-state index contributed by atoms with van der Waals surface area (Å²) >= 11 is 0. The second-order valence-electron chi connectivity index (χ2n) is 3.52. The Morgan fingerprint density at radius 1 is 1.50 bits per heavy atom. The van der Waals surface area contributed by atoms with Crippen LogP contribution in [0.4, 0.5) is 4.39 Å². The van der Waals surface area contributed by atoms with Gasteiger partial charge in [0.15, 0.2) is 0 Å². The largest absolute Gasteiger partial charge is 0.478 e. The van der Waals surface area contributed by atoms with Gasteiger partial charge in [-0.2, -0.15) is 0 Å². The second-order valence-corrected chi connectivity index (χ2v) is 3.52. The Labute approximate surface area is 93.8 Å². The lowest BCUT2D eigenvalue weighted by Gasteiger charge is -2.23. The quantitative estimate of drug-likeness (QED) is 0.797. The van der Waals surface area contributed by atoms with E-state index in [1.165, 1.54) is 12.3 Å². The summed E-state index contributed by atoms with van der Waals surface area (Å²) in [6.07, 6.45) is 2.44. The van der Waals surface area contributed by atoms with Crippen molar-refractivity contribution in [3.8, 4) is 0 Å². The van der Waals surface area contributed by atoms with Gasteiger partial charge < -0.3 is 10.0 Å². The smallest absolute Gasteiger partial charge is 0.329 e. The van der Waals surface area contributed by atoms with Gasteiger partial charge in [-0.3, -0.25) is 0 Å². The summed E-state index contributed by atoms with van der Waals surface area (Å²) in [5.41, 5.74) is 0.542. The molecule has 0 aliphatic carbocycles. The molecule has 1 aromatic carbocycles. The zero-order valence-corrected chi connectivity index (χ0v) is 9.22. The molecule has 0 amide bonds. The van der Waals surface area contributed by atoms with Crippen molar-refractivity contribution in [3.05, 3.63) is 47.9 Å². The van der Waals surface area contributed by atoms with Crippen LogP contribution >= 0.6 is 0 Å². The van der Waals surface area contributed by atoms with E-state index in [2.05, 4.69) is 0 Å². The van der Waals surface area contributed by atoms with Crippen LogP contribution in [0.3, 0.4) is 0 Å². The Kier molecular flexibility index (Phi) is 4.05. The van der Waals surface area contributed by atoms with Gasteiger partial charge >= 0.3 is 5.97 Å². The van der Waals surface area contributed by atoms with Crippen LogP contribution in [0.25, 0.3) is 0 Å². The van der Waals surface area contributed by atoms with Crippen LogP contribution in [-0.4, -0.2) is 23.0 Å². The van der Waals surface area contributed by atoms with Crippen molar-refractivity contribution in [2.24, 2.45) is 0 Å². The van der Waals surface area contributed by atoms with Crippen molar-refractivity contribution in [2.45, 2.75) is 13.0 Å². The minimum absolute atomic E-state index is 0.211. The molecule has 0 aromatic heterocycles. The third-order valence-corrected chi connectivity index (χ3v) is 2.42. The molecule has 1 unspecified atom stereocenters. The average Bonchev–Trinajstić information content (AvgIpc) is 2.25. The van der Waals surface area contributed by atoms with Crippen LogP contribution in [0.1, 0.15) is 18.5 Å². The summed E-state index contributed by atoms with van der Waals surface area (Å²) in [6, 6.07) is 6.24. The number of halogens is 1. The topological polar surface area (TPSA) is 40.5 Å². The molecule has 0 aliphatic rings. The number of hydrogen-bond donors (Lipinski definition) is 1. The summed E-state index contributed by atoms with van der Waals surface area (Å²) < 4.78 is 13.4. The number of hydrogen-bond acceptors (Lipinski definition) is 2. The molecule has 0 saturated carbocycles. The fourth-order valence-electron chi connectivity index (χ4n) is 1.34. The first-order valence-corrected chi connectivity index (χ1v) is 4.90. The maximum atomic E-state index is 13.4. The fourth-order valence-corrected chi connectivity index (χ4v) is 1.34. The zero-order valence-electron chi connectivity index (χ0n) is 9.22. The molecule has 0 spiro atoms. The monoisotopic (exact) mass is 223 g/mol. The van der Waals surface area contributed by atoms with E-state index in [-0.39, 0.29) is 11.9 Å². The van der Waals surface area contributed by atoms with Gasteiger partial charge in [-0.15, -0.1) is 0 Å². The molecule has 1 N–H and O–H groups in total. The lowest BCUT2D eigenvalue weighted by Crippen LogP contribution is -2.17. The maximum Gasteiger partial charge on any atom is 0.329 e. The highest BCUT2D eigenvalue weighted by molar-refractivity contribution is 5.79. The summed E-state index contributed by atoms with van der Waals surface area (Å²) in [4.78, 5) is 12.0. The third kappa shape index (κ3) is 3.08. The zero-order chi connectivity index (χ0) is 12.1. The van der Waals surface area contributed by atoms with Crippen molar-refractivity contribution in [1.82, 2.24) is 4.90 Å². The SMILES string of the molecule is CC(c1ccccc1F)N(C)C=CC(=O)O. The minimum atomic E-state index is -1.02. The highest BCUT2D eigenvalue weighted by Gasteiger charge is 2.12. The highest BCUT2D eigenvalue weighted by Crippen LogP contribution is 2.21. The van der Waals surface area contributed by atoms with Crippen molar-refractivity contribution in [2.75, 3.05) is 7.05 Å². The van der Waals surface area contributed by atoms with E-state index in [1.807, 2.05) is 6.92 Å². The van der Waals surface area contributed by atoms with Crippen LogP contribution in [0.5, 0.6) is 0 Å². The second kappa shape index (κ2) is 5.30. The number of carboxylic acids is 1. The Morgan fingerprint density at radius 3 is 2.69 bits per heavy atom. The highest BCUT2D eigenvalue weighted by atomic mass is 19.1. The summed E-state index contributed by atoms with van der Waals surface area (Å²) in [7, 11) is 1.70. The Hall–Kier alpha value is -1.84. The van der Waals surface area contributed by atoms with Crippen LogP contribution in [-0.2, 0) is 4.79 Å². The Bertz CT molecular complexity index is 404. The molecule has 0 fully saturated rings. The molecule has 16 heavy (non-hydrogen) atoms. The average molecular weight is 223 g/mol. The van der Waals surface area contributed by atoms with Gasteiger partial charge in [-0.1, -0.05) is 18.2 Å². The third-order valence-electron chi connectivity index (χ3n) is 2.42. The van der Waals surface area contributed by atoms with E-state index in [1.54, 1.807) is 30.1 Å². The first-order valence-electron chi connectivity index (χ1n) is 4.90. The molecule has 1 atom stereocenters. The summed E-state index contributed by atoms with van der Waals surface area (Å²) in [6.45, 7) is 1.81. The van der Waals surface area contributed by atoms with Gasteiger partial charge in [0.25, 0.3) is 0 Å². The van der Waals surface area contributed by atoms with E-state index in [0.29, 0.717) is 5.56 Å². The number of rotatable bonds is 4. The molecule has 1 aromatic rings. The molecule has 0 saturated heterocycles. The van der Waals surface area contributed by atoms with Gasteiger partial charge in [0.2, 0.25) is 0 Å². The number of carbonyl (C=O) groups is 1. The molecule has 1 rings (SSSR count). The Morgan fingerprint density at radius 2 is 2.12 bits per heavy atom. The molecule has 0 bridgehead atoms. The Balaban J connectivity index is 2.82. The lowest BCUT2D eigenvalue weighted by atomic mass is 10.1. The van der Waals surface area contributed by atoms with Crippen molar-refractivity contribution in [3.63, 3.8) is 0 Å². The van der Waals surface area contributed by atoms with Crippen LogP contribution in [0.15, 0.2) is 36.5 Å². The van der Waals surface area contributed by atoms with Crippen LogP contribution < -0.4 is 0 Å². The standard InChI is InChI=1S/C12H14FNO2/c1-9(14(2)8-7-12(15)16)10-5-3-4-6-11(10)13/h3-9H,1-2H3,(H,15,16). The predicted molar refractivity (Wildman–Crippen MR) is 59.4 cm³/mol. The normalized spacial score (nSPS) is 12.7. The molecule has 86 valence electrons. The summed E-state index contributed by atoms with van der Waals surface area (Å²) in [5.74, 6) is -1.31. The van der Waals surface area contributed by atoms with E-state index >= 15 is 0 Å². The van der Waals surface area contributed by atoms with Gasteiger partial charge in [-0.05, 0) is 13.0 Å². The van der Waals surface area contributed by atoms with Crippen LogP contribution in [0, 0.1) is 5.82 Å². The molecule has 3 nitrogen and oxygen atoms in total. The van der Waals surface area contributed by atoms with Crippen LogP contribution in [0.2, 0.25) is 0 Å². The number of carboxylic acid groups (broad SMARTS) is 1. The lowest BCUT2D eigenvalue weighted by molar-refractivity contribution is -0.131. The first kappa shape index (κ1) is 12.2. The van der Waals surface area contributed by atoms with Crippen molar-refractivity contribution in [1.29, 1.82) is 0 Å². The van der Waals surface area contributed by atoms with E-state index < -0.39 is 5.97 Å². The van der Waals surface area contributed by atoms with Crippen molar-refractivity contribution >= 4 is 5.97 Å². The van der Waals surface area contributed by atoms with E-state index in [4.69, 9.17) is 5.11 Å². The van der Waals surface area contributed by atoms with Gasteiger partial charge in [0.05, 0.1) is 6.04 Å². The molecule has 0 radical (unpaired) electrons. The van der Waals surface area contributed by atoms with E-state index in [0.717, 1.165) is 6.08 Å². The number of nitrogens with zero attached hydrogens (tertiary/aromatic N) is 1. The molecule has 4 heteroatoms. The number of aliphatic carboxylic acids is 1. The van der Waals surface area contributed by atoms with Gasteiger partial charge in [0.1, 0.15) is 5.82 Å². The minimum Gasteiger partial charge on any atom is -0.478 e. The maximum absolute atomic E-state index is 13.4. The van der Waals surface area contributed by atoms with Gasteiger partial charge in [-0.25, -0.2) is 9.18 Å². The molecule has 0 aliphatic heterocycles. The fraction of sp³-hybridized carbons (Fsp3) is 0.250. The first-order chi connectivity index (χ1) is 7.52. The predicted octanol–water partition coefficient (Wildman–Crippen LogP) is 2.42. The molecular weight excluding hydrogens is 209 g/mol. The number of benzene rings is 1. The molecular formula is C12H14FNO2.